The number of carbonyl (C=O) groups is 1. The van der Waals surface area contributed by atoms with Crippen molar-refractivity contribution in [2.24, 2.45) is 0 Å². The highest BCUT2D eigenvalue weighted by atomic mass is 16.5. The van der Waals surface area contributed by atoms with Gasteiger partial charge in [-0.15, -0.1) is 0 Å². The SMILES string of the molecule is COc1ccc(C(=O)N2CCCCC2CCc2ccccn2)c(OC)c1. The molecule has 1 saturated heterocycles. The minimum absolute atomic E-state index is 0.0372. The van der Waals surface area contributed by atoms with E-state index in [-0.39, 0.29) is 11.9 Å². The Bertz CT molecular complexity index is 733. The van der Waals surface area contributed by atoms with Crippen molar-refractivity contribution in [2.45, 2.75) is 38.1 Å². The van der Waals surface area contributed by atoms with Crippen LogP contribution in [0.25, 0.3) is 0 Å². The summed E-state index contributed by atoms with van der Waals surface area (Å²) in [7, 11) is 3.19. The van der Waals surface area contributed by atoms with Crippen molar-refractivity contribution >= 4 is 5.91 Å². The number of piperidine rings is 1. The van der Waals surface area contributed by atoms with E-state index in [0.717, 1.165) is 44.3 Å². The molecule has 0 bridgehead atoms. The number of benzene rings is 1. The molecule has 138 valence electrons. The van der Waals surface area contributed by atoms with Gasteiger partial charge >= 0.3 is 0 Å². The summed E-state index contributed by atoms with van der Waals surface area (Å²) >= 11 is 0. The van der Waals surface area contributed by atoms with Crippen LogP contribution in [0.5, 0.6) is 11.5 Å². The number of aromatic nitrogens is 1. The molecule has 1 fully saturated rings. The smallest absolute Gasteiger partial charge is 0.257 e. The van der Waals surface area contributed by atoms with E-state index in [4.69, 9.17) is 9.47 Å². The van der Waals surface area contributed by atoms with E-state index in [0.29, 0.717) is 17.1 Å². The van der Waals surface area contributed by atoms with Gasteiger partial charge in [-0.05, 0) is 56.4 Å². The van der Waals surface area contributed by atoms with Gasteiger partial charge in [0.2, 0.25) is 0 Å². The average Bonchev–Trinajstić information content (AvgIpc) is 2.72. The van der Waals surface area contributed by atoms with Gasteiger partial charge in [-0.2, -0.15) is 0 Å². The predicted molar refractivity (Wildman–Crippen MR) is 101 cm³/mol. The lowest BCUT2D eigenvalue weighted by atomic mass is 9.96. The minimum Gasteiger partial charge on any atom is -0.497 e. The molecule has 1 unspecified atom stereocenters. The fourth-order valence-electron chi connectivity index (χ4n) is 3.56. The molecule has 3 rings (SSSR count). The van der Waals surface area contributed by atoms with Gasteiger partial charge in [0, 0.05) is 30.5 Å². The lowest BCUT2D eigenvalue weighted by molar-refractivity contribution is 0.0598. The number of nitrogens with zero attached hydrogens (tertiary/aromatic N) is 2. The number of pyridine rings is 1. The number of aryl methyl sites for hydroxylation is 1. The number of amides is 1. The summed E-state index contributed by atoms with van der Waals surface area (Å²) < 4.78 is 10.7. The van der Waals surface area contributed by atoms with Crippen molar-refractivity contribution < 1.29 is 14.3 Å². The largest absolute Gasteiger partial charge is 0.497 e. The van der Waals surface area contributed by atoms with E-state index >= 15 is 0 Å². The van der Waals surface area contributed by atoms with Gasteiger partial charge in [0.25, 0.3) is 5.91 Å². The third-order valence-corrected chi connectivity index (χ3v) is 4.99. The Labute approximate surface area is 155 Å². The second kappa shape index (κ2) is 8.70. The number of hydrogen-bond acceptors (Lipinski definition) is 4. The van der Waals surface area contributed by atoms with E-state index < -0.39 is 0 Å². The van der Waals surface area contributed by atoms with Crippen molar-refractivity contribution in [3.05, 3.63) is 53.9 Å². The Balaban J connectivity index is 1.75. The molecule has 1 aliphatic rings. The van der Waals surface area contributed by atoms with Crippen molar-refractivity contribution in [1.29, 1.82) is 0 Å². The summed E-state index contributed by atoms with van der Waals surface area (Å²) in [5.74, 6) is 1.28. The Hall–Kier alpha value is -2.56. The Kier molecular flexibility index (Phi) is 6.10. The molecule has 26 heavy (non-hydrogen) atoms. The Morgan fingerprint density at radius 2 is 2.08 bits per heavy atom. The normalized spacial score (nSPS) is 17.0. The van der Waals surface area contributed by atoms with Crippen molar-refractivity contribution in [2.75, 3.05) is 20.8 Å². The summed E-state index contributed by atoms with van der Waals surface area (Å²) in [6.45, 7) is 0.793. The first-order valence-electron chi connectivity index (χ1n) is 9.16. The number of rotatable bonds is 6. The molecule has 1 atom stereocenters. The standard InChI is InChI=1S/C21H26N2O3/c1-25-18-11-12-19(20(15-18)26-2)21(24)23-14-6-4-8-17(23)10-9-16-7-3-5-13-22-16/h3,5,7,11-13,15,17H,4,6,8-10,14H2,1-2H3. The fraction of sp³-hybridized carbons (Fsp3) is 0.429. The second-order valence-corrected chi connectivity index (χ2v) is 6.57. The van der Waals surface area contributed by atoms with Crippen molar-refractivity contribution in [3.63, 3.8) is 0 Å². The van der Waals surface area contributed by atoms with E-state index in [1.54, 1.807) is 26.4 Å². The van der Waals surface area contributed by atoms with E-state index in [1.807, 2.05) is 35.4 Å². The molecule has 1 aromatic heterocycles. The molecule has 0 saturated carbocycles. The first-order valence-corrected chi connectivity index (χ1v) is 9.16. The lowest BCUT2D eigenvalue weighted by Crippen LogP contribution is -2.44. The number of ether oxygens (including phenoxy) is 2. The molecule has 1 aliphatic heterocycles. The zero-order valence-electron chi connectivity index (χ0n) is 15.5. The zero-order chi connectivity index (χ0) is 18.4. The van der Waals surface area contributed by atoms with Crippen LogP contribution >= 0.6 is 0 Å². The van der Waals surface area contributed by atoms with Crippen molar-refractivity contribution in [3.8, 4) is 11.5 Å². The molecule has 2 aromatic rings. The van der Waals surface area contributed by atoms with Crippen LogP contribution in [0, 0.1) is 0 Å². The highest BCUT2D eigenvalue weighted by Crippen LogP contribution is 2.29. The topological polar surface area (TPSA) is 51.7 Å². The van der Waals surface area contributed by atoms with Crippen LogP contribution in [0.1, 0.15) is 41.7 Å². The predicted octanol–water partition coefficient (Wildman–Crippen LogP) is 3.73. The maximum atomic E-state index is 13.2. The molecule has 1 amide bonds. The fourth-order valence-corrected chi connectivity index (χ4v) is 3.56. The monoisotopic (exact) mass is 354 g/mol. The van der Waals surface area contributed by atoms with Crippen LogP contribution < -0.4 is 9.47 Å². The summed E-state index contributed by atoms with van der Waals surface area (Å²) in [6, 6.07) is 11.6. The molecule has 1 aromatic carbocycles. The van der Waals surface area contributed by atoms with Gasteiger partial charge in [0.05, 0.1) is 19.8 Å². The summed E-state index contributed by atoms with van der Waals surface area (Å²) in [5.41, 5.74) is 1.67. The molecule has 5 nitrogen and oxygen atoms in total. The maximum absolute atomic E-state index is 13.2. The van der Waals surface area contributed by atoms with E-state index in [1.165, 1.54) is 0 Å². The molecule has 0 aliphatic carbocycles. The van der Waals surface area contributed by atoms with E-state index in [2.05, 4.69) is 4.98 Å². The van der Waals surface area contributed by atoms with Gasteiger partial charge in [0.15, 0.2) is 0 Å². The quantitative estimate of drug-likeness (QED) is 0.793. The van der Waals surface area contributed by atoms with Gasteiger partial charge in [-0.3, -0.25) is 9.78 Å². The number of carbonyl (C=O) groups excluding carboxylic acids is 1. The summed E-state index contributed by atoms with van der Waals surface area (Å²) in [4.78, 5) is 19.6. The summed E-state index contributed by atoms with van der Waals surface area (Å²) in [5, 5.41) is 0. The third-order valence-electron chi connectivity index (χ3n) is 4.99. The van der Waals surface area contributed by atoms with Crippen LogP contribution in [-0.4, -0.2) is 42.6 Å². The third kappa shape index (κ3) is 4.15. The van der Waals surface area contributed by atoms with Gasteiger partial charge in [0.1, 0.15) is 11.5 Å². The van der Waals surface area contributed by atoms with Crippen LogP contribution in [0.4, 0.5) is 0 Å². The minimum atomic E-state index is 0.0372. The zero-order valence-corrected chi connectivity index (χ0v) is 15.5. The maximum Gasteiger partial charge on any atom is 0.257 e. The Morgan fingerprint density at radius 1 is 1.19 bits per heavy atom. The average molecular weight is 354 g/mol. The number of hydrogen-bond donors (Lipinski definition) is 0. The molecule has 0 radical (unpaired) electrons. The van der Waals surface area contributed by atoms with E-state index in [9.17, 15) is 4.79 Å². The highest BCUT2D eigenvalue weighted by Gasteiger charge is 2.29. The Morgan fingerprint density at radius 3 is 2.81 bits per heavy atom. The first kappa shape index (κ1) is 18.2. The first-order chi connectivity index (χ1) is 12.7. The van der Waals surface area contributed by atoms with Crippen LogP contribution in [0.15, 0.2) is 42.6 Å². The molecule has 0 spiro atoms. The molecular formula is C21H26N2O3. The van der Waals surface area contributed by atoms with Gasteiger partial charge in [-0.1, -0.05) is 6.07 Å². The molecule has 5 heteroatoms. The van der Waals surface area contributed by atoms with Crippen LogP contribution in [0.2, 0.25) is 0 Å². The van der Waals surface area contributed by atoms with Crippen molar-refractivity contribution in [1.82, 2.24) is 9.88 Å². The lowest BCUT2D eigenvalue weighted by Gasteiger charge is -2.36. The van der Waals surface area contributed by atoms with Crippen LogP contribution in [-0.2, 0) is 6.42 Å². The highest BCUT2D eigenvalue weighted by molar-refractivity contribution is 5.97. The molecular weight excluding hydrogens is 328 g/mol. The second-order valence-electron chi connectivity index (χ2n) is 6.57. The van der Waals surface area contributed by atoms with Gasteiger partial charge < -0.3 is 14.4 Å². The summed E-state index contributed by atoms with van der Waals surface area (Å²) in [6.07, 6.45) is 6.88. The molecule has 2 heterocycles. The molecule has 0 N–H and O–H groups in total. The number of likely N-dealkylation sites (tertiary alicyclic amines) is 1. The van der Waals surface area contributed by atoms with Crippen LogP contribution in [0.3, 0.4) is 0 Å². The van der Waals surface area contributed by atoms with Gasteiger partial charge in [-0.25, -0.2) is 0 Å². The number of methoxy groups -OCH3 is 2.